The standard InChI is InChI=1S/C38H35Cl2F2N3O7/c1-48-31-6-4-3-5-30(31)45(37(47)52-38-21-44-14-13-26(38)27(38)20-44)19-22-7-9-23(10-8-22)35(46)50-33(16-25-28(39)17-43-18-29(25)40)24-11-12-32(51-36(41)42)34(15-24)49-2/h3-12,15,17-18,26-27,33,36H,13-14,16,19-21H2,1-2H3/p+1/t26?,27?,33-,38+/m0/s1. The maximum atomic E-state index is 13.9. The Morgan fingerprint density at radius 3 is 2.33 bits per heavy atom. The van der Waals surface area contributed by atoms with Crippen molar-refractivity contribution in [3.8, 4) is 17.2 Å². The van der Waals surface area contributed by atoms with E-state index in [2.05, 4.69) is 14.6 Å². The van der Waals surface area contributed by atoms with Crippen LogP contribution in [0.5, 0.6) is 17.2 Å². The van der Waals surface area contributed by atoms with Crippen LogP contribution in [0.2, 0.25) is 10.0 Å². The van der Waals surface area contributed by atoms with Gasteiger partial charge >= 0.3 is 18.7 Å². The lowest BCUT2D eigenvalue weighted by atomic mass is 10.0. The fourth-order valence-electron chi connectivity index (χ4n) is 7.51. The molecule has 3 aromatic carbocycles. The monoisotopic (exact) mass is 754 g/mol. The summed E-state index contributed by atoms with van der Waals surface area (Å²) in [5.74, 6) is 0.472. The summed E-state index contributed by atoms with van der Waals surface area (Å²) in [6.45, 7) is -0.155. The van der Waals surface area contributed by atoms with E-state index in [-0.39, 0.29) is 30.0 Å². The third kappa shape index (κ3) is 7.07. The van der Waals surface area contributed by atoms with E-state index in [0.29, 0.717) is 44.4 Å². The summed E-state index contributed by atoms with van der Waals surface area (Å²) in [7, 11) is 2.86. The van der Waals surface area contributed by atoms with Gasteiger partial charge in [0.15, 0.2) is 23.9 Å². The number of benzene rings is 3. The van der Waals surface area contributed by atoms with Gasteiger partial charge in [-0.2, -0.15) is 8.78 Å². The molecule has 0 radical (unpaired) electrons. The van der Waals surface area contributed by atoms with Crippen LogP contribution in [0, 0.1) is 11.8 Å². The smallest absolute Gasteiger partial charge is 0.415 e. The van der Waals surface area contributed by atoms with Gasteiger partial charge in [-0.25, -0.2) is 14.6 Å². The lowest BCUT2D eigenvalue weighted by Gasteiger charge is -2.31. The fraction of sp³-hybridized carbons (Fsp3) is 0.342. The summed E-state index contributed by atoms with van der Waals surface area (Å²) in [5, 5.41) is 0.630. The summed E-state index contributed by atoms with van der Waals surface area (Å²) >= 11 is 12.9. The van der Waals surface area contributed by atoms with Crippen molar-refractivity contribution >= 4 is 41.0 Å². The third-order valence-electron chi connectivity index (χ3n) is 10.1. The Bertz CT molecular complexity index is 1940. The van der Waals surface area contributed by atoms with Crippen molar-refractivity contribution in [2.75, 3.05) is 38.8 Å². The number of halogens is 4. The molecule has 4 aliphatic rings. The molecule has 52 heavy (non-hydrogen) atoms. The Morgan fingerprint density at radius 2 is 1.69 bits per heavy atom. The number of ether oxygens (including phenoxy) is 5. The molecule has 10 nitrogen and oxygen atoms in total. The van der Waals surface area contributed by atoms with Crippen LogP contribution in [0.1, 0.15) is 39.6 Å². The van der Waals surface area contributed by atoms with Crippen LogP contribution in [0.15, 0.2) is 79.1 Å². The number of rotatable bonds is 13. The van der Waals surface area contributed by atoms with E-state index >= 15 is 0 Å². The van der Waals surface area contributed by atoms with Gasteiger partial charge in [-0.3, -0.25) is 9.80 Å². The number of para-hydroxylation sites is 2. The quantitative estimate of drug-likeness (QED) is 0.130. The van der Waals surface area contributed by atoms with Crippen LogP contribution in [-0.4, -0.2) is 63.0 Å². The number of hydrogen-bond acceptors (Lipinski definition) is 8. The van der Waals surface area contributed by atoms with Gasteiger partial charge in [0.05, 0.1) is 32.0 Å². The molecule has 14 heteroatoms. The minimum Gasteiger partial charge on any atom is -0.495 e. The molecule has 4 aromatic rings. The molecule has 8 rings (SSSR count). The highest BCUT2D eigenvalue weighted by Crippen LogP contribution is 2.63. The average Bonchev–Trinajstić information content (AvgIpc) is 3.63. The number of piperidine rings is 3. The van der Waals surface area contributed by atoms with Crippen molar-refractivity contribution in [2.24, 2.45) is 11.8 Å². The van der Waals surface area contributed by atoms with E-state index in [1.165, 1.54) is 25.3 Å². The summed E-state index contributed by atoms with van der Waals surface area (Å²) in [4.78, 5) is 34.3. The summed E-state index contributed by atoms with van der Waals surface area (Å²) in [5.41, 5.74) is 2.03. The van der Waals surface area contributed by atoms with Crippen molar-refractivity contribution in [1.82, 2.24) is 4.90 Å². The predicted octanol–water partition coefficient (Wildman–Crippen LogP) is 7.41. The molecule has 5 atom stereocenters. The van der Waals surface area contributed by atoms with Gasteiger partial charge in [-0.15, -0.1) is 0 Å². The zero-order chi connectivity index (χ0) is 36.6. The van der Waals surface area contributed by atoms with Gasteiger partial charge in [0.1, 0.15) is 27.5 Å². The molecule has 3 saturated heterocycles. The Balaban J connectivity index is 1.12. The van der Waals surface area contributed by atoms with E-state index in [1.807, 2.05) is 18.2 Å². The van der Waals surface area contributed by atoms with E-state index in [4.69, 9.17) is 42.1 Å². The van der Waals surface area contributed by atoms with Gasteiger partial charge in [-0.1, -0.05) is 53.5 Å². The predicted molar refractivity (Wildman–Crippen MR) is 187 cm³/mol. The first-order valence-electron chi connectivity index (χ1n) is 16.7. The number of aromatic nitrogens is 1. The topological polar surface area (TPSA) is 101 Å². The number of fused-ring (bicyclic) bond motifs is 1. The second kappa shape index (κ2) is 14.8. The fourth-order valence-corrected chi connectivity index (χ4v) is 8.04. The molecule has 1 aromatic heterocycles. The molecule has 1 amide bonds. The number of aromatic amines is 1. The minimum absolute atomic E-state index is 0.0228. The first-order valence-corrected chi connectivity index (χ1v) is 17.5. The van der Waals surface area contributed by atoms with Crippen molar-refractivity contribution in [1.29, 1.82) is 0 Å². The Kier molecular flexibility index (Phi) is 10.1. The van der Waals surface area contributed by atoms with Gasteiger partial charge in [0, 0.05) is 36.9 Å². The number of alkyl halides is 2. The third-order valence-corrected chi connectivity index (χ3v) is 10.8. The van der Waals surface area contributed by atoms with Crippen LogP contribution in [0.25, 0.3) is 0 Å². The summed E-state index contributed by atoms with van der Waals surface area (Å²) in [6, 6.07) is 18.2. The van der Waals surface area contributed by atoms with Gasteiger partial charge < -0.3 is 23.7 Å². The lowest BCUT2D eigenvalue weighted by molar-refractivity contribution is -0.377. The SMILES string of the molecule is COc1cc([C@H](Cc2c(Cl)c[nH+]cc2Cl)OC(=O)c2ccc(CN(C(=O)O[C@]34CN5CCC3C4C5)c3ccccc3OC)cc2)ccc1OC(F)F. The molecule has 272 valence electrons. The van der Waals surface area contributed by atoms with Crippen molar-refractivity contribution in [2.45, 2.75) is 37.7 Å². The zero-order valence-electron chi connectivity index (χ0n) is 28.3. The lowest BCUT2D eigenvalue weighted by Crippen LogP contribution is -2.42. The second-order valence-corrected chi connectivity index (χ2v) is 13.8. The number of carbonyl (C=O) groups excluding carboxylic acids is 2. The molecule has 0 spiro atoms. The molecular formula is C38H36Cl2F2N3O7+. The van der Waals surface area contributed by atoms with E-state index in [0.717, 1.165) is 31.6 Å². The van der Waals surface area contributed by atoms with E-state index in [9.17, 15) is 18.4 Å². The second-order valence-electron chi connectivity index (χ2n) is 13.0. The maximum absolute atomic E-state index is 13.9. The Hall–Kier alpha value is -4.65. The number of nitrogens with zero attached hydrogens (tertiary/aromatic N) is 2. The average molecular weight is 756 g/mol. The molecule has 1 saturated carbocycles. The number of H-pyrrole nitrogens is 1. The highest BCUT2D eigenvalue weighted by Gasteiger charge is 2.74. The Morgan fingerprint density at radius 1 is 0.962 bits per heavy atom. The molecule has 4 bridgehead atoms. The summed E-state index contributed by atoms with van der Waals surface area (Å²) in [6.07, 6.45) is 2.77. The van der Waals surface area contributed by atoms with Crippen molar-refractivity contribution in [3.05, 3.63) is 111 Å². The highest BCUT2D eigenvalue weighted by molar-refractivity contribution is 6.35. The maximum Gasteiger partial charge on any atom is 0.415 e. The molecule has 1 aliphatic carbocycles. The number of esters is 1. The number of carbonyl (C=O) groups is 2. The molecule has 4 fully saturated rings. The van der Waals surface area contributed by atoms with Crippen LogP contribution >= 0.6 is 23.2 Å². The number of methoxy groups -OCH3 is 2. The first kappa shape index (κ1) is 35.7. The number of hydrogen-bond donors (Lipinski definition) is 0. The largest absolute Gasteiger partial charge is 0.495 e. The highest BCUT2D eigenvalue weighted by atomic mass is 35.5. The van der Waals surface area contributed by atoms with Gasteiger partial charge in [0.2, 0.25) is 0 Å². The van der Waals surface area contributed by atoms with Crippen LogP contribution in [0.3, 0.4) is 0 Å². The van der Waals surface area contributed by atoms with E-state index < -0.39 is 30.4 Å². The van der Waals surface area contributed by atoms with Crippen LogP contribution in [-0.2, 0) is 22.4 Å². The van der Waals surface area contributed by atoms with Crippen molar-refractivity contribution < 1.29 is 47.0 Å². The minimum atomic E-state index is -3.06. The first-order chi connectivity index (χ1) is 25.1. The molecule has 3 unspecified atom stereocenters. The molecule has 1 N–H and O–H groups in total. The number of pyridine rings is 1. The normalized spacial score (nSPS) is 21.6. The molecule has 4 heterocycles. The zero-order valence-corrected chi connectivity index (χ0v) is 29.8. The Labute approximate surface area is 309 Å². The van der Waals surface area contributed by atoms with Crippen molar-refractivity contribution in [3.63, 3.8) is 0 Å². The summed E-state index contributed by atoms with van der Waals surface area (Å²) < 4.78 is 53.8. The number of amides is 1. The molecule has 3 aliphatic heterocycles. The van der Waals surface area contributed by atoms with Gasteiger partial charge in [-0.05, 0) is 60.5 Å². The molecular weight excluding hydrogens is 719 g/mol. The van der Waals surface area contributed by atoms with E-state index in [1.54, 1.807) is 54.7 Å². The van der Waals surface area contributed by atoms with Crippen LogP contribution in [0.4, 0.5) is 19.3 Å². The number of nitrogens with one attached hydrogen (secondary N) is 1. The van der Waals surface area contributed by atoms with Crippen LogP contribution < -0.4 is 24.1 Å². The van der Waals surface area contributed by atoms with Gasteiger partial charge in [0.25, 0.3) is 0 Å². The number of anilines is 1.